The van der Waals surface area contributed by atoms with Crippen LogP contribution in [-0.4, -0.2) is 24.5 Å². The van der Waals surface area contributed by atoms with Gasteiger partial charge in [0, 0.05) is 17.3 Å². The minimum atomic E-state index is -0.384. The Hall–Kier alpha value is -2.92. The highest BCUT2D eigenvalue weighted by molar-refractivity contribution is 5.97. The summed E-state index contributed by atoms with van der Waals surface area (Å²) in [6.07, 6.45) is 5.53. The summed E-state index contributed by atoms with van der Waals surface area (Å²) in [5.74, 6) is -0.0286. The summed E-state index contributed by atoms with van der Waals surface area (Å²) in [6.45, 7) is 4.09. The van der Waals surface area contributed by atoms with Gasteiger partial charge in [-0.1, -0.05) is 30.3 Å². The van der Waals surface area contributed by atoms with Crippen LogP contribution in [0.4, 0.5) is 5.69 Å². The maximum Gasteiger partial charge on any atom is 0.251 e. The topological polar surface area (TPSA) is 70.7 Å². The highest BCUT2D eigenvalue weighted by Crippen LogP contribution is 2.28. The van der Waals surface area contributed by atoms with Gasteiger partial charge in [0.2, 0.25) is 0 Å². The molecule has 27 heavy (non-hydrogen) atoms. The fraction of sp³-hybridized carbons (Fsp3) is 0.273. The van der Waals surface area contributed by atoms with E-state index in [1.54, 1.807) is 6.34 Å². The molecule has 138 valence electrons. The van der Waals surface area contributed by atoms with Crippen molar-refractivity contribution in [2.75, 3.05) is 4.90 Å². The second-order valence-corrected chi connectivity index (χ2v) is 7.27. The van der Waals surface area contributed by atoms with Crippen LogP contribution in [0.2, 0.25) is 0 Å². The van der Waals surface area contributed by atoms with Gasteiger partial charge in [-0.25, -0.2) is 4.99 Å². The Labute approximate surface area is 159 Å². The molecule has 0 aromatic heterocycles. The van der Waals surface area contributed by atoms with Crippen LogP contribution in [0.1, 0.15) is 39.9 Å². The average molecular weight is 360 g/mol. The van der Waals surface area contributed by atoms with Gasteiger partial charge in [-0.15, -0.1) is 0 Å². The second-order valence-electron chi connectivity index (χ2n) is 7.27. The van der Waals surface area contributed by atoms with Crippen molar-refractivity contribution >= 4 is 24.0 Å². The van der Waals surface area contributed by atoms with Crippen LogP contribution in [0.3, 0.4) is 0 Å². The minimum absolute atomic E-state index is 0.0286. The lowest BCUT2D eigenvalue weighted by Crippen LogP contribution is -2.38. The lowest BCUT2D eigenvalue weighted by Gasteiger charge is -2.23. The molecule has 2 aromatic carbocycles. The van der Waals surface area contributed by atoms with Crippen molar-refractivity contribution in [1.29, 1.82) is 0 Å². The number of anilines is 1. The Kier molecular flexibility index (Phi) is 4.54. The second kappa shape index (κ2) is 7.00. The number of nitrogens with two attached hydrogens (primary N) is 1. The molecule has 1 unspecified atom stereocenters. The van der Waals surface area contributed by atoms with E-state index in [-0.39, 0.29) is 12.1 Å². The number of aliphatic imine (C=N–C) groups is 1. The molecule has 1 aliphatic carbocycles. The van der Waals surface area contributed by atoms with Crippen molar-refractivity contribution in [1.82, 2.24) is 5.32 Å². The first kappa shape index (κ1) is 17.5. The maximum absolute atomic E-state index is 12.4. The first-order chi connectivity index (χ1) is 13.0. The van der Waals surface area contributed by atoms with E-state index in [9.17, 15) is 4.79 Å². The fourth-order valence-corrected chi connectivity index (χ4v) is 3.19. The summed E-state index contributed by atoms with van der Waals surface area (Å²) in [6, 6.07) is 14.2. The molecule has 0 spiro atoms. The first-order valence-corrected chi connectivity index (χ1v) is 9.30. The Morgan fingerprint density at radius 2 is 1.96 bits per heavy atom. The van der Waals surface area contributed by atoms with Gasteiger partial charge < -0.3 is 16.0 Å². The molecular weight excluding hydrogens is 336 g/mol. The summed E-state index contributed by atoms with van der Waals surface area (Å²) in [5.41, 5.74) is 12.2. The third-order valence-corrected chi connectivity index (χ3v) is 5.09. The van der Waals surface area contributed by atoms with Gasteiger partial charge in [0.05, 0.1) is 12.0 Å². The van der Waals surface area contributed by atoms with Crippen molar-refractivity contribution in [3.63, 3.8) is 0 Å². The zero-order valence-electron chi connectivity index (χ0n) is 15.6. The number of hydrogen-bond donors (Lipinski definition) is 2. The Morgan fingerprint density at radius 3 is 2.70 bits per heavy atom. The molecule has 3 N–H and O–H groups in total. The molecular formula is C22H24N4O. The molecule has 4 rings (SSSR count). The van der Waals surface area contributed by atoms with Crippen LogP contribution in [0, 0.1) is 13.8 Å². The minimum Gasteiger partial charge on any atom is -0.349 e. The molecule has 5 heteroatoms. The maximum atomic E-state index is 12.4. The predicted molar refractivity (Wildman–Crippen MR) is 110 cm³/mol. The van der Waals surface area contributed by atoms with E-state index < -0.39 is 0 Å². The van der Waals surface area contributed by atoms with E-state index in [1.165, 1.54) is 5.56 Å². The molecule has 0 bridgehead atoms. The number of aryl methyl sites for hydroxylation is 2. The number of carbonyl (C=O) groups is 1. The summed E-state index contributed by atoms with van der Waals surface area (Å²) < 4.78 is 0. The summed E-state index contributed by atoms with van der Waals surface area (Å²) in [5, 5.41) is 3.03. The normalized spacial score (nSPS) is 20.3. The van der Waals surface area contributed by atoms with E-state index in [1.807, 2.05) is 48.2 Å². The largest absolute Gasteiger partial charge is 0.349 e. The Morgan fingerprint density at radius 1 is 1.19 bits per heavy atom. The highest BCUT2D eigenvalue weighted by Gasteiger charge is 2.27. The van der Waals surface area contributed by atoms with E-state index in [0.29, 0.717) is 11.6 Å². The van der Waals surface area contributed by atoms with Gasteiger partial charge in [-0.2, -0.15) is 0 Å². The van der Waals surface area contributed by atoms with Crippen LogP contribution in [0.25, 0.3) is 6.08 Å². The molecule has 1 heterocycles. The van der Waals surface area contributed by atoms with Crippen molar-refractivity contribution in [3.05, 3.63) is 70.4 Å². The highest BCUT2D eigenvalue weighted by atomic mass is 16.1. The lowest BCUT2D eigenvalue weighted by atomic mass is 10.1. The number of nitrogens with zero attached hydrogens (tertiary/aromatic N) is 2. The summed E-state index contributed by atoms with van der Waals surface area (Å²) in [4.78, 5) is 18.8. The van der Waals surface area contributed by atoms with E-state index in [4.69, 9.17) is 5.73 Å². The van der Waals surface area contributed by atoms with Crippen LogP contribution >= 0.6 is 0 Å². The SMILES string of the molecule is Cc1ccccc1C=C1N=CN(c2cc(C(=O)NC3CC3)ccc2C)C1N. The smallest absolute Gasteiger partial charge is 0.251 e. The molecule has 2 aliphatic rings. The number of amides is 1. The molecule has 1 fully saturated rings. The molecule has 0 saturated heterocycles. The number of hydrogen-bond acceptors (Lipinski definition) is 4. The third kappa shape index (κ3) is 3.64. The van der Waals surface area contributed by atoms with Gasteiger partial charge >= 0.3 is 0 Å². The molecule has 1 atom stereocenters. The number of carbonyl (C=O) groups excluding carboxylic acids is 1. The predicted octanol–water partition coefficient (Wildman–Crippen LogP) is 3.37. The van der Waals surface area contributed by atoms with Gasteiger partial charge in [0.1, 0.15) is 6.17 Å². The van der Waals surface area contributed by atoms with Crippen LogP contribution in [0.15, 0.2) is 53.2 Å². The van der Waals surface area contributed by atoms with Crippen molar-refractivity contribution in [2.45, 2.75) is 38.9 Å². The van der Waals surface area contributed by atoms with Crippen LogP contribution in [0.5, 0.6) is 0 Å². The Balaban J connectivity index is 1.60. The van der Waals surface area contributed by atoms with Crippen molar-refractivity contribution < 1.29 is 4.79 Å². The summed E-state index contributed by atoms with van der Waals surface area (Å²) >= 11 is 0. The number of rotatable bonds is 4. The number of nitrogens with one attached hydrogen (secondary N) is 1. The summed E-state index contributed by atoms with van der Waals surface area (Å²) in [7, 11) is 0. The van der Waals surface area contributed by atoms with E-state index >= 15 is 0 Å². The molecule has 5 nitrogen and oxygen atoms in total. The van der Waals surface area contributed by atoms with Crippen molar-refractivity contribution in [2.24, 2.45) is 10.7 Å². The standard InChI is InChI=1S/C22H24N4O/c1-14-5-3-4-6-16(14)11-19-21(23)26(13-24-19)20-12-17(8-7-15(20)2)22(27)25-18-9-10-18/h3-8,11-13,18,21H,9-10,23H2,1-2H3,(H,25,27). The first-order valence-electron chi connectivity index (χ1n) is 9.30. The zero-order chi connectivity index (χ0) is 19.0. The van der Waals surface area contributed by atoms with Crippen molar-refractivity contribution in [3.8, 4) is 0 Å². The zero-order valence-corrected chi connectivity index (χ0v) is 15.6. The number of benzene rings is 2. The van der Waals surface area contributed by atoms with Crippen LogP contribution < -0.4 is 16.0 Å². The molecule has 1 amide bonds. The van der Waals surface area contributed by atoms with Gasteiger partial charge in [-0.05, 0) is 61.6 Å². The van der Waals surface area contributed by atoms with Gasteiger partial charge in [0.25, 0.3) is 5.91 Å². The van der Waals surface area contributed by atoms with E-state index in [0.717, 1.165) is 35.4 Å². The lowest BCUT2D eigenvalue weighted by molar-refractivity contribution is 0.0951. The fourth-order valence-electron chi connectivity index (χ4n) is 3.19. The van der Waals surface area contributed by atoms with Crippen LogP contribution in [-0.2, 0) is 0 Å². The molecule has 1 aliphatic heterocycles. The van der Waals surface area contributed by atoms with Gasteiger partial charge in [-0.3, -0.25) is 4.79 Å². The molecule has 0 radical (unpaired) electrons. The monoisotopic (exact) mass is 360 g/mol. The van der Waals surface area contributed by atoms with E-state index in [2.05, 4.69) is 29.4 Å². The third-order valence-electron chi connectivity index (χ3n) is 5.09. The average Bonchev–Trinajstić information content (AvgIpc) is 3.40. The quantitative estimate of drug-likeness (QED) is 0.878. The van der Waals surface area contributed by atoms with Gasteiger partial charge in [0.15, 0.2) is 0 Å². The Bertz CT molecular complexity index is 943. The molecule has 1 saturated carbocycles. The molecule has 2 aromatic rings.